The van der Waals surface area contributed by atoms with Crippen molar-refractivity contribution in [1.29, 1.82) is 0 Å². The van der Waals surface area contributed by atoms with Gasteiger partial charge in [-0.15, -0.1) is 0 Å². The van der Waals surface area contributed by atoms with E-state index < -0.39 is 0 Å². The van der Waals surface area contributed by atoms with Crippen molar-refractivity contribution >= 4 is 11.9 Å². The lowest BCUT2D eigenvalue weighted by Crippen LogP contribution is -2.24. The molecule has 1 aliphatic rings. The fourth-order valence-electron chi connectivity index (χ4n) is 2.51. The quantitative estimate of drug-likeness (QED) is 0.889. The zero-order valence-electron chi connectivity index (χ0n) is 11.3. The summed E-state index contributed by atoms with van der Waals surface area (Å²) in [4.78, 5) is 16.9. The minimum Gasteiger partial charge on any atom is -0.368 e. The molecule has 0 amide bonds. The van der Waals surface area contributed by atoms with E-state index in [1.165, 1.54) is 19.3 Å². The van der Waals surface area contributed by atoms with E-state index in [2.05, 4.69) is 25.3 Å². The van der Waals surface area contributed by atoms with Gasteiger partial charge in [0.2, 0.25) is 11.9 Å². The number of nitrogens with zero attached hydrogens (tertiary/aromatic N) is 4. The average molecular weight is 270 g/mol. The third kappa shape index (κ3) is 3.01. The summed E-state index contributed by atoms with van der Waals surface area (Å²) in [5, 5.41) is 3.37. The molecule has 0 atom stereocenters. The van der Waals surface area contributed by atoms with Crippen LogP contribution in [-0.2, 0) is 0 Å². The fraction of sp³-hybridized carbons (Fsp3) is 0.429. The van der Waals surface area contributed by atoms with Crippen LogP contribution in [0.5, 0.6) is 0 Å². The predicted molar refractivity (Wildman–Crippen MR) is 78.0 cm³/mol. The van der Waals surface area contributed by atoms with E-state index in [0.717, 1.165) is 18.4 Å². The Kier molecular flexibility index (Phi) is 3.71. The topological polar surface area (TPSA) is 89.6 Å². The summed E-state index contributed by atoms with van der Waals surface area (Å²) in [7, 11) is 0. The standard InChI is InChI=1S/C14H18N6/c15-13-18-12(10-5-4-8-16-9-10)19-14(20-13)17-11-6-2-1-3-7-11/h4-5,8-9,11H,1-3,6-7H2,(H3,15,17,18,19,20). The maximum atomic E-state index is 5.78. The van der Waals surface area contributed by atoms with Gasteiger partial charge in [-0.3, -0.25) is 4.98 Å². The van der Waals surface area contributed by atoms with Crippen molar-refractivity contribution in [3.63, 3.8) is 0 Å². The lowest BCUT2D eigenvalue weighted by molar-refractivity contribution is 0.461. The second kappa shape index (κ2) is 5.81. The van der Waals surface area contributed by atoms with Crippen LogP contribution < -0.4 is 11.1 Å². The first-order valence-electron chi connectivity index (χ1n) is 7.00. The summed E-state index contributed by atoms with van der Waals surface area (Å²) < 4.78 is 0. The fourth-order valence-corrected chi connectivity index (χ4v) is 2.51. The Labute approximate surface area is 117 Å². The first-order chi connectivity index (χ1) is 9.81. The Morgan fingerprint density at radius 3 is 2.70 bits per heavy atom. The van der Waals surface area contributed by atoms with Crippen LogP contribution in [0.2, 0.25) is 0 Å². The highest BCUT2D eigenvalue weighted by Crippen LogP contribution is 2.21. The highest BCUT2D eigenvalue weighted by atomic mass is 15.2. The molecule has 6 heteroatoms. The second-order valence-electron chi connectivity index (χ2n) is 5.06. The Morgan fingerprint density at radius 2 is 1.95 bits per heavy atom. The number of hydrogen-bond acceptors (Lipinski definition) is 6. The summed E-state index contributed by atoms with van der Waals surface area (Å²) in [6.45, 7) is 0. The van der Waals surface area contributed by atoms with Gasteiger partial charge in [-0.2, -0.15) is 15.0 Å². The third-order valence-electron chi connectivity index (χ3n) is 3.51. The smallest absolute Gasteiger partial charge is 0.228 e. The zero-order valence-corrected chi connectivity index (χ0v) is 11.3. The number of aromatic nitrogens is 4. The van der Waals surface area contributed by atoms with E-state index in [1.54, 1.807) is 12.4 Å². The van der Waals surface area contributed by atoms with Crippen LogP contribution in [0.15, 0.2) is 24.5 Å². The van der Waals surface area contributed by atoms with Gasteiger partial charge in [0.1, 0.15) is 0 Å². The number of nitrogens with two attached hydrogens (primary N) is 1. The molecule has 3 N–H and O–H groups in total. The zero-order chi connectivity index (χ0) is 13.8. The molecular weight excluding hydrogens is 252 g/mol. The molecule has 3 rings (SSSR count). The van der Waals surface area contributed by atoms with Crippen LogP contribution in [-0.4, -0.2) is 26.0 Å². The normalized spacial score (nSPS) is 16.0. The van der Waals surface area contributed by atoms with Crippen molar-refractivity contribution in [3.8, 4) is 11.4 Å². The van der Waals surface area contributed by atoms with E-state index in [0.29, 0.717) is 17.8 Å². The predicted octanol–water partition coefficient (Wildman–Crippen LogP) is 2.26. The SMILES string of the molecule is Nc1nc(NC2CCCCC2)nc(-c2cccnc2)n1. The Morgan fingerprint density at radius 1 is 1.10 bits per heavy atom. The molecule has 2 heterocycles. The first-order valence-corrected chi connectivity index (χ1v) is 7.00. The van der Waals surface area contributed by atoms with Crippen LogP contribution in [0.3, 0.4) is 0 Å². The minimum absolute atomic E-state index is 0.233. The Balaban J connectivity index is 1.83. The van der Waals surface area contributed by atoms with E-state index in [1.807, 2.05) is 12.1 Å². The molecule has 0 saturated heterocycles. The van der Waals surface area contributed by atoms with E-state index >= 15 is 0 Å². The van der Waals surface area contributed by atoms with Crippen molar-refractivity contribution in [2.75, 3.05) is 11.1 Å². The largest absolute Gasteiger partial charge is 0.368 e. The highest BCUT2D eigenvalue weighted by molar-refractivity contribution is 5.56. The van der Waals surface area contributed by atoms with E-state index in [9.17, 15) is 0 Å². The molecule has 0 aromatic carbocycles. The molecule has 6 nitrogen and oxygen atoms in total. The molecule has 104 valence electrons. The van der Waals surface area contributed by atoms with Crippen molar-refractivity contribution in [1.82, 2.24) is 19.9 Å². The van der Waals surface area contributed by atoms with Gasteiger partial charge in [-0.05, 0) is 25.0 Å². The molecule has 1 saturated carbocycles. The second-order valence-corrected chi connectivity index (χ2v) is 5.06. The van der Waals surface area contributed by atoms with Crippen LogP contribution in [0.1, 0.15) is 32.1 Å². The molecule has 2 aromatic heterocycles. The molecular formula is C14H18N6. The number of nitrogens with one attached hydrogen (secondary N) is 1. The molecule has 2 aromatic rings. The molecule has 0 aliphatic heterocycles. The number of rotatable bonds is 3. The summed E-state index contributed by atoms with van der Waals surface area (Å²) >= 11 is 0. The minimum atomic E-state index is 0.233. The van der Waals surface area contributed by atoms with Gasteiger partial charge in [-0.25, -0.2) is 0 Å². The highest BCUT2D eigenvalue weighted by Gasteiger charge is 2.15. The van der Waals surface area contributed by atoms with Gasteiger partial charge in [-0.1, -0.05) is 19.3 Å². The Hall–Kier alpha value is -2.24. The lowest BCUT2D eigenvalue weighted by atomic mass is 9.96. The maximum Gasteiger partial charge on any atom is 0.228 e. The van der Waals surface area contributed by atoms with Crippen molar-refractivity contribution in [3.05, 3.63) is 24.5 Å². The summed E-state index contributed by atoms with van der Waals surface area (Å²) in [6.07, 6.45) is 9.59. The maximum absolute atomic E-state index is 5.78. The van der Waals surface area contributed by atoms with Crippen molar-refractivity contribution in [2.24, 2.45) is 0 Å². The van der Waals surface area contributed by atoms with E-state index in [-0.39, 0.29) is 5.95 Å². The lowest BCUT2D eigenvalue weighted by Gasteiger charge is -2.22. The number of anilines is 2. The number of pyridine rings is 1. The van der Waals surface area contributed by atoms with Gasteiger partial charge < -0.3 is 11.1 Å². The van der Waals surface area contributed by atoms with Gasteiger partial charge in [0.15, 0.2) is 5.82 Å². The van der Waals surface area contributed by atoms with Gasteiger partial charge in [0, 0.05) is 24.0 Å². The first kappa shape index (κ1) is 12.8. The Bertz CT molecular complexity index is 565. The van der Waals surface area contributed by atoms with Gasteiger partial charge in [0.05, 0.1) is 0 Å². The van der Waals surface area contributed by atoms with Crippen molar-refractivity contribution < 1.29 is 0 Å². The van der Waals surface area contributed by atoms with Crippen LogP contribution in [0.4, 0.5) is 11.9 Å². The van der Waals surface area contributed by atoms with E-state index in [4.69, 9.17) is 5.73 Å². The van der Waals surface area contributed by atoms with Gasteiger partial charge >= 0.3 is 0 Å². The molecule has 1 fully saturated rings. The summed E-state index contributed by atoms with van der Waals surface area (Å²) in [5.41, 5.74) is 6.62. The number of hydrogen-bond donors (Lipinski definition) is 2. The molecule has 1 aliphatic carbocycles. The summed E-state index contributed by atoms with van der Waals surface area (Å²) in [5.74, 6) is 1.35. The van der Waals surface area contributed by atoms with Gasteiger partial charge in [0.25, 0.3) is 0 Å². The third-order valence-corrected chi connectivity index (χ3v) is 3.51. The molecule has 0 unspecified atom stereocenters. The van der Waals surface area contributed by atoms with Crippen LogP contribution >= 0.6 is 0 Å². The number of nitrogen functional groups attached to an aromatic ring is 1. The molecule has 0 bridgehead atoms. The summed E-state index contributed by atoms with van der Waals surface area (Å²) in [6, 6.07) is 4.20. The monoisotopic (exact) mass is 270 g/mol. The van der Waals surface area contributed by atoms with Crippen LogP contribution in [0.25, 0.3) is 11.4 Å². The molecule has 0 radical (unpaired) electrons. The molecule has 0 spiro atoms. The molecule has 20 heavy (non-hydrogen) atoms. The average Bonchev–Trinajstić information content (AvgIpc) is 2.49. The van der Waals surface area contributed by atoms with Crippen LogP contribution in [0, 0.1) is 0 Å². The van der Waals surface area contributed by atoms with Crippen molar-refractivity contribution in [2.45, 2.75) is 38.1 Å².